The van der Waals surface area contributed by atoms with Gasteiger partial charge in [-0.2, -0.15) is 4.99 Å². The maximum absolute atomic E-state index is 10.9. The van der Waals surface area contributed by atoms with E-state index in [0.29, 0.717) is 23.1 Å². The minimum absolute atomic E-state index is 0.0194. The average Bonchev–Trinajstić information content (AvgIpc) is 2.79. The fourth-order valence-electron chi connectivity index (χ4n) is 3.31. The minimum atomic E-state index is -3.67. The summed E-state index contributed by atoms with van der Waals surface area (Å²) in [6, 6.07) is 20.3. The smallest absolute Gasteiger partial charge is 0.240 e. The number of benzene rings is 3. The van der Waals surface area contributed by atoms with Crippen molar-refractivity contribution >= 4 is 21.8 Å². The molecule has 180 valence electrons. The number of aliphatic hydroxyl groups is 1. The number of aliphatic hydroxyl groups excluding tert-OH is 1. The lowest BCUT2D eigenvalue weighted by Crippen LogP contribution is -2.12. The normalized spacial score (nSPS) is 12.0. The third-order valence-electron chi connectivity index (χ3n) is 5.36. The molecule has 0 aliphatic heterocycles. The molecule has 3 aromatic carbocycles. The Morgan fingerprint density at radius 3 is 1.91 bits per heavy atom. The zero-order valence-electron chi connectivity index (χ0n) is 20.2. The first-order valence-electron chi connectivity index (χ1n) is 11.1. The second kappa shape index (κ2) is 11.9. The van der Waals surface area contributed by atoms with Gasteiger partial charge in [-0.15, -0.1) is 0 Å². The number of hydrogen-bond acceptors (Lipinski definition) is 5. The van der Waals surface area contributed by atoms with E-state index in [1.165, 1.54) is 23.3 Å². The zero-order chi connectivity index (χ0) is 25.5. The molecule has 0 radical (unpaired) electrons. The molecule has 0 fully saturated rings. The van der Waals surface area contributed by atoms with Gasteiger partial charge in [0, 0.05) is 5.56 Å². The molecule has 0 bridgehead atoms. The fraction of sp³-hybridized carbons (Fsp3) is 0.296. The van der Waals surface area contributed by atoms with Crippen LogP contribution in [0.15, 0.2) is 76.6 Å². The molecule has 3 aromatic rings. The Kier molecular flexibility index (Phi) is 9.47. The Labute approximate surface area is 202 Å². The van der Waals surface area contributed by atoms with Crippen molar-refractivity contribution in [1.29, 1.82) is 0 Å². The molecule has 0 saturated heterocycles. The van der Waals surface area contributed by atoms with Gasteiger partial charge in [0.1, 0.15) is 0 Å². The number of sulfonamides is 1. The Balaban J connectivity index is 0.000000270. The van der Waals surface area contributed by atoms with Gasteiger partial charge in [0.25, 0.3) is 0 Å². The van der Waals surface area contributed by atoms with Crippen LogP contribution in [0.25, 0.3) is 11.1 Å². The largest absolute Gasteiger partial charge is 0.389 e. The number of para-hydroxylation sites is 1. The van der Waals surface area contributed by atoms with Crippen LogP contribution >= 0.6 is 0 Å². The maximum atomic E-state index is 10.9. The van der Waals surface area contributed by atoms with Gasteiger partial charge in [0.15, 0.2) is 0 Å². The van der Waals surface area contributed by atoms with Crippen molar-refractivity contribution in [2.24, 2.45) is 10.1 Å². The zero-order valence-corrected chi connectivity index (χ0v) is 21.0. The van der Waals surface area contributed by atoms with Gasteiger partial charge in [0.2, 0.25) is 16.1 Å². The van der Waals surface area contributed by atoms with E-state index < -0.39 is 16.1 Å². The minimum Gasteiger partial charge on any atom is -0.389 e. The molecule has 0 spiro atoms. The van der Waals surface area contributed by atoms with Crippen LogP contribution in [-0.2, 0) is 14.8 Å². The van der Waals surface area contributed by atoms with E-state index in [2.05, 4.69) is 50.9 Å². The van der Waals surface area contributed by atoms with Crippen LogP contribution in [0.1, 0.15) is 69.2 Å². The predicted molar refractivity (Wildman–Crippen MR) is 136 cm³/mol. The van der Waals surface area contributed by atoms with Gasteiger partial charge >= 0.3 is 0 Å². The molecule has 0 saturated carbocycles. The Morgan fingerprint density at radius 2 is 1.41 bits per heavy atom. The van der Waals surface area contributed by atoms with Crippen molar-refractivity contribution in [2.75, 3.05) is 0 Å². The summed E-state index contributed by atoms with van der Waals surface area (Å²) in [5.41, 5.74) is 5.90. The summed E-state index contributed by atoms with van der Waals surface area (Å²) in [5.74, 6) is 0.924. The summed E-state index contributed by atoms with van der Waals surface area (Å²) >= 11 is 0. The molecule has 7 heteroatoms. The highest BCUT2D eigenvalue weighted by molar-refractivity contribution is 7.89. The summed E-state index contributed by atoms with van der Waals surface area (Å²) in [7, 11) is -3.67. The van der Waals surface area contributed by atoms with Crippen LogP contribution in [0.3, 0.4) is 0 Å². The third-order valence-corrected chi connectivity index (χ3v) is 6.27. The summed E-state index contributed by atoms with van der Waals surface area (Å²) in [4.78, 5) is 14.5. The Hall–Kier alpha value is -3.09. The van der Waals surface area contributed by atoms with Crippen LogP contribution in [-0.4, -0.2) is 19.6 Å². The monoisotopic (exact) mass is 480 g/mol. The molecule has 0 aromatic heterocycles. The highest BCUT2D eigenvalue weighted by Gasteiger charge is 2.11. The number of nitrogens with zero attached hydrogens (tertiary/aromatic N) is 1. The molecule has 1 unspecified atom stereocenters. The fourth-order valence-corrected chi connectivity index (χ4v) is 3.88. The molecule has 0 aliphatic carbocycles. The SMILES string of the molecule is CC(C)c1cc(-c2ccccc2N=C=O)cc(C(C)C)c1.CC(O)c1cccc(S(N)(=O)=O)c1. The lowest BCUT2D eigenvalue weighted by Gasteiger charge is -2.15. The van der Waals surface area contributed by atoms with E-state index in [9.17, 15) is 18.3 Å². The van der Waals surface area contributed by atoms with Crippen LogP contribution < -0.4 is 5.14 Å². The molecular formula is C27H32N2O4S. The van der Waals surface area contributed by atoms with E-state index in [4.69, 9.17) is 5.14 Å². The Bertz CT molecular complexity index is 1250. The van der Waals surface area contributed by atoms with Gasteiger partial charge in [-0.1, -0.05) is 76.2 Å². The van der Waals surface area contributed by atoms with Crippen molar-refractivity contribution in [3.05, 3.63) is 83.4 Å². The first-order chi connectivity index (χ1) is 15.9. The topological polar surface area (TPSA) is 110 Å². The third kappa shape index (κ3) is 7.47. The number of primary sulfonamides is 1. The van der Waals surface area contributed by atoms with E-state index in [1.54, 1.807) is 25.1 Å². The lowest BCUT2D eigenvalue weighted by atomic mass is 9.90. The van der Waals surface area contributed by atoms with Gasteiger partial charge < -0.3 is 5.11 Å². The van der Waals surface area contributed by atoms with Crippen molar-refractivity contribution in [1.82, 2.24) is 0 Å². The predicted octanol–water partition coefficient (Wildman–Crippen LogP) is 5.96. The van der Waals surface area contributed by atoms with E-state index >= 15 is 0 Å². The first kappa shape index (κ1) is 27.2. The quantitative estimate of drug-likeness (QED) is 0.335. The molecule has 3 N–H and O–H groups in total. The number of carbonyl (C=O) groups excluding carboxylic acids is 1. The van der Waals surface area contributed by atoms with Crippen molar-refractivity contribution in [3.63, 3.8) is 0 Å². The van der Waals surface area contributed by atoms with Crippen molar-refractivity contribution < 1.29 is 18.3 Å². The number of hydrogen-bond donors (Lipinski definition) is 2. The molecule has 0 aliphatic rings. The van der Waals surface area contributed by atoms with E-state index in [-0.39, 0.29) is 4.90 Å². The summed E-state index contributed by atoms with van der Waals surface area (Å²) < 4.78 is 21.8. The number of aliphatic imine (C=N–C) groups is 1. The van der Waals surface area contributed by atoms with E-state index in [0.717, 1.165) is 11.1 Å². The lowest BCUT2D eigenvalue weighted by molar-refractivity contribution is 0.199. The van der Waals surface area contributed by atoms with Crippen LogP contribution in [0.4, 0.5) is 5.69 Å². The second-order valence-corrected chi connectivity index (χ2v) is 10.3. The van der Waals surface area contributed by atoms with E-state index in [1.807, 2.05) is 24.3 Å². The molecule has 34 heavy (non-hydrogen) atoms. The summed E-state index contributed by atoms with van der Waals surface area (Å²) in [6.45, 7) is 10.3. The summed E-state index contributed by atoms with van der Waals surface area (Å²) in [5, 5.41) is 14.1. The maximum Gasteiger partial charge on any atom is 0.240 e. The number of rotatable bonds is 6. The van der Waals surface area contributed by atoms with Crippen LogP contribution in [0, 0.1) is 0 Å². The highest BCUT2D eigenvalue weighted by atomic mass is 32.2. The average molecular weight is 481 g/mol. The van der Waals surface area contributed by atoms with Gasteiger partial charge in [0.05, 0.1) is 16.7 Å². The van der Waals surface area contributed by atoms with Crippen LogP contribution in [0.2, 0.25) is 0 Å². The van der Waals surface area contributed by atoms with Gasteiger partial charge in [-0.05, 0) is 59.2 Å². The molecule has 0 heterocycles. The molecule has 3 rings (SSSR count). The highest BCUT2D eigenvalue weighted by Crippen LogP contribution is 2.34. The van der Waals surface area contributed by atoms with Crippen molar-refractivity contribution in [3.8, 4) is 11.1 Å². The summed E-state index contributed by atoms with van der Waals surface area (Å²) in [6.07, 6.45) is 0.951. The standard InChI is InChI=1S/C19H21NO.C8H11NO3S/c1-13(2)15-9-16(14(3)4)11-17(10-15)18-7-5-6-8-19(18)20-12-21;1-6(10)7-3-2-4-8(5-7)13(9,11)12/h5-11,13-14H,1-4H3;2-6,10H,1H3,(H2,9,11,12). The molecule has 6 nitrogen and oxygen atoms in total. The van der Waals surface area contributed by atoms with Gasteiger partial charge in [-0.25, -0.2) is 18.4 Å². The first-order valence-corrected chi connectivity index (χ1v) is 12.6. The second-order valence-electron chi connectivity index (χ2n) is 8.71. The molecular weight excluding hydrogens is 448 g/mol. The molecule has 1 atom stereocenters. The molecule has 0 amide bonds. The van der Waals surface area contributed by atoms with Crippen LogP contribution in [0.5, 0.6) is 0 Å². The van der Waals surface area contributed by atoms with Crippen molar-refractivity contribution in [2.45, 2.75) is 57.5 Å². The van der Waals surface area contributed by atoms with Gasteiger partial charge in [-0.3, -0.25) is 0 Å². The Morgan fingerprint density at radius 1 is 0.824 bits per heavy atom. The number of nitrogens with two attached hydrogens (primary N) is 1. The number of isocyanates is 1.